The second-order valence-electron chi connectivity index (χ2n) is 12.8. The molecule has 3 heterocycles. The number of nitrogens with zero attached hydrogens (tertiary/aromatic N) is 3. The lowest BCUT2D eigenvalue weighted by Gasteiger charge is -2.40. The van der Waals surface area contributed by atoms with Gasteiger partial charge in [-0.2, -0.15) is 0 Å². The number of hydrogen-bond acceptors (Lipinski definition) is 7. The highest BCUT2D eigenvalue weighted by Gasteiger charge is 2.79. The Morgan fingerprint density at radius 2 is 1.77 bits per heavy atom. The summed E-state index contributed by atoms with van der Waals surface area (Å²) in [7, 11) is 0. The van der Waals surface area contributed by atoms with E-state index in [0.717, 1.165) is 31.6 Å². The minimum atomic E-state index is -1.21. The lowest BCUT2D eigenvalue weighted by Crippen LogP contribution is -2.60. The maximum absolute atomic E-state index is 14.8. The third kappa shape index (κ3) is 5.81. The van der Waals surface area contributed by atoms with Crippen LogP contribution in [0.4, 0.5) is 11.4 Å². The normalized spacial score (nSPS) is 27.8. The van der Waals surface area contributed by atoms with Crippen molar-refractivity contribution >= 4 is 29.2 Å². The molecule has 9 heteroatoms. The molecule has 44 heavy (non-hydrogen) atoms. The van der Waals surface area contributed by atoms with Crippen molar-refractivity contribution in [2.75, 3.05) is 42.6 Å². The average molecular weight is 610 g/mol. The lowest BCUT2D eigenvalue weighted by molar-refractivity contribution is -0.161. The van der Waals surface area contributed by atoms with Gasteiger partial charge in [0.1, 0.15) is 17.6 Å². The van der Waals surface area contributed by atoms with Crippen LogP contribution in [0.5, 0.6) is 0 Å². The molecule has 3 fully saturated rings. The van der Waals surface area contributed by atoms with Crippen LogP contribution in [0.2, 0.25) is 0 Å². The molecule has 2 bridgehead atoms. The molecular weight excluding hydrogens is 558 g/mol. The molecule has 0 saturated carbocycles. The number of anilines is 2. The number of aliphatic hydroxyl groups is 1. The monoisotopic (exact) mass is 609 g/mol. The number of aliphatic hydroxyl groups excluding tert-OH is 1. The van der Waals surface area contributed by atoms with Gasteiger partial charge in [-0.1, -0.05) is 26.0 Å². The van der Waals surface area contributed by atoms with E-state index in [0.29, 0.717) is 24.9 Å². The number of benzene rings is 1. The quantitative estimate of drug-likeness (QED) is 0.164. The summed E-state index contributed by atoms with van der Waals surface area (Å²) in [6.45, 7) is 19.4. The van der Waals surface area contributed by atoms with E-state index >= 15 is 0 Å². The van der Waals surface area contributed by atoms with Gasteiger partial charge in [0.2, 0.25) is 5.91 Å². The minimum Gasteiger partial charge on any atom is -0.465 e. The molecule has 0 radical (unpaired) electrons. The predicted octanol–water partition coefficient (Wildman–Crippen LogP) is 4.73. The zero-order valence-electron chi connectivity index (χ0n) is 27.2. The van der Waals surface area contributed by atoms with Crippen LogP contribution in [0.25, 0.3) is 0 Å². The van der Waals surface area contributed by atoms with Gasteiger partial charge in [0, 0.05) is 31.0 Å². The molecule has 1 aromatic carbocycles. The van der Waals surface area contributed by atoms with Crippen molar-refractivity contribution in [1.82, 2.24) is 4.90 Å². The smallest absolute Gasteiger partial charge is 0.312 e. The summed E-state index contributed by atoms with van der Waals surface area (Å²) in [6, 6.07) is 6.17. The maximum atomic E-state index is 14.8. The molecular formula is C35H51N3O6. The Labute approximate surface area is 262 Å². The Bertz CT molecular complexity index is 1210. The zero-order valence-corrected chi connectivity index (χ0v) is 27.2. The second kappa shape index (κ2) is 13.9. The van der Waals surface area contributed by atoms with Crippen molar-refractivity contribution in [2.45, 2.75) is 90.0 Å². The van der Waals surface area contributed by atoms with Crippen molar-refractivity contribution in [3.05, 3.63) is 49.6 Å². The molecule has 3 aliphatic heterocycles. The number of unbranched alkanes of at least 4 members (excludes halogenated alkanes) is 2. The fraction of sp³-hybridized carbons (Fsp3) is 0.629. The molecule has 242 valence electrons. The van der Waals surface area contributed by atoms with Crippen LogP contribution >= 0.6 is 0 Å². The summed E-state index contributed by atoms with van der Waals surface area (Å²) in [5, 5.41) is 10.5. The second-order valence-corrected chi connectivity index (χ2v) is 12.8. The number of rotatable bonds is 16. The third-order valence-corrected chi connectivity index (χ3v) is 9.93. The highest BCUT2D eigenvalue weighted by molar-refractivity contribution is 6.05. The van der Waals surface area contributed by atoms with Gasteiger partial charge in [-0.05, 0) is 83.1 Å². The molecule has 1 spiro atoms. The Hall–Kier alpha value is -3.17. The first-order valence-electron chi connectivity index (χ1n) is 16.2. The summed E-state index contributed by atoms with van der Waals surface area (Å²) in [4.78, 5) is 48.4. The van der Waals surface area contributed by atoms with Crippen LogP contribution in [0.15, 0.2) is 49.6 Å². The number of likely N-dealkylation sites (tertiary alicyclic amines) is 1. The van der Waals surface area contributed by atoms with Crippen molar-refractivity contribution in [3.8, 4) is 0 Å². The van der Waals surface area contributed by atoms with Gasteiger partial charge < -0.3 is 29.3 Å². The van der Waals surface area contributed by atoms with E-state index in [4.69, 9.17) is 9.47 Å². The molecule has 6 atom stereocenters. The number of carbonyl (C=O) groups is 3. The van der Waals surface area contributed by atoms with Crippen LogP contribution in [0.3, 0.4) is 0 Å². The van der Waals surface area contributed by atoms with Crippen molar-refractivity contribution in [1.29, 1.82) is 0 Å². The first kappa shape index (κ1) is 33.7. The fourth-order valence-electron chi connectivity index (χ4n) is 7.66. The Morgan fingerprint density at radius 1 is 1.11 bits per heavy atom. The largest absolute Gasteiger partial charge is 0.465 e. The molecule has 3 aliphatic rings. The van der Waals surface area contributed by atoms with E-state index in [1.165, 1.54) is 4.90 Å². The van der Waals surface area contributed by atoms with E-state index in [1.54, 1.807) is 11.0 Å². The number of allylic oxidation sites excluding steroid dienone is 1. The van der Waals surface area contributed by atoms with Gasteiger partial charge in [0.15, 0.2) is 0 Å². The third-order valence-electron chi connectivity index (χ3n) is 9.93. The van der Waals surface area contributed by atoms with Gasteiger partial charge in [-0.3, -0.25) is 14.4 Å². The maximum Gasteiger partial charge on any atom is 0.312 e. The number of esters is 1. The molecule has 4 rings (SSSR count). The Kier molecular flexibility index (Phi) is 10.6. The summed E-state index contributed by atoms with van der Waals surface area (Å²) in [6.07, 6.45) is 6.86. The van der Waals surface area contributed by atoms with Crippen LogP contribution < -0.4 is 9.80 Å². The van der Waals surface area contributed by atoms with E-state index < -0.39 is 41.1 Å². The van der Waals surface area contributed by atoms with Gasteiger partial charge in [0.25, 0.3) is 5.91 Å². The molecule has 1 N–H and O–H groups in total. The number of amides is 2. The van der Waals surface area contributed by atoms with Gasteiger partial charge in [0.05, 0.1) is 30.8 Å². The zero-order chi connectivity index (χ0) is 32.2. The predicted molar refractivity (Wildman–Crippen MR) is 172 cm³/mol. The highest BCUT2D eigenvalue weighted by Crippen LogP contribution is 2.64. The van der Waals surface area contributed by atoms with Gasteiger partial charge >= 0.3 is 5.97 Å². The Morgan fingerprint density at radius 3 is 2.34 bits per heavy atom. The number of ether oxygens (including phenoxy) is 2. The molecule has 2 unspecified atom stereocenters. The van der Waals surface area contributed by atoms with Gasteiger partial charge in [-0.25, -0.2) is 0 Å². The van der Waals surface area contributed by atoms with E-state index in [2.05, 4.69) is 31.9 Å². The molecule has 0 aromatic heterocycles. The van der Waals surface area contributed by atoms with Crippen molar-refractivity contribution < 1.29 is 29.0 Å². The SMILES string of the molecule is C=CCCCCOC(=O)[C@@H]1[C@H]2C(=O)N([C@@H](CO)C(C)C)C(C(=O)N(CC=C)c3ccc(N(CC)CC)cc3)C23CC[C@@]1(C)O3. The number of fused-ring (bicyclic) bond motifs is 1. The van der Waals surface area contributed by atoms with Gasteiger partial charge in [-0.15, -0.1) is 13.2 Å². The minimum absolute atomic E-state index is 0.140. The number of hydrogen-bond donors (Lipinski definition) is 1. The fourth-order valence-corrected chi connectivity index (χ4v) is 7.66. The molecule has 1 aromatic rings. The summed E-state index contributed by atoms with van der Waals surface area (Å²) >= 11 is 0. The molecule has 9 nitrogen and oxygen atoms in total. The first-order valence-corrected chi connectivity index (χ1v) is 16.2. The highest BCUT2D eigenvalue weighted by atomic mass is 16.6. The molecule has 0 aliphatic carbocycles. The van der Waals surface area contributed by atoms with Crippen molar-refractivity contribution in [3.63, 3.8) is 0 Å². The lowest BCUT2D eigenvalue weighted by atomic mass is 9.66. The first-order chi connectivity index (χ1) is 21.0. The van der Waals surface area contributed by atoms with E-state index in [1.807, 2.05) is 51.1 Å². The van der Waals surface area contributed by atoms with Crippen LogP contribution in [0, 0.1) is 17.8 Å². The molecule has 2 amide bonds. The average Bonchev–Trinajstić information content (AvgIpc) is 3.57. The topological polar surface area (TPSA) is 99.6 Å². The van der Waals surface area contributed by atoms with Crippen LogP contribution in [-0.2, 0) is 23.9 Å². The van der Waals surface area contributed by atoms with E-state index in [9.17, 15) is 19.5 Å². The Balaban J connectivity index is 1.74. The van der Waals surface area contributed by atoms with Crippen LogP contribution in [-0.4, -0.2) is 83.9 Å². The number of carbonyl (C=O) groups excluding carboxylic acids is 3. The van der Waals surface area contributed by atoms with Crippen molar-refractivity contribution in [2.24, 2.45) is 17.8 Å². The van der Waals surface area contributed by atoms with Crippen LogP contribution in [0.1, 0.15) is 66.7 Å². The van der Waals surface area contributed by atoms with E-state index in [-0.39, 0.29) is 37.5 Å². The molecule has 3 saturated heterocycles. The summed E-state index contributed by atoms with van der Waals surface area (Å²) < 4.78 is 12.5. The standard InChI is InChI=1S/C35H51N3O6/c1-8-12-13-14-22-43-33(42)29-28-31(40)38(27(23-39)24(5)6)30(35(28)20-19-34(29,7)44-35)32(41)37(21-9-2)26-17-15-25(16-18-26)36(10-3)11-4/h8-9,15-18,24,27-30,39H,1-2,10-14,19-23H2,3-7H3/t27-,28-,29-,30?,34+,35?/m0/s1. The summed E-state index contributed by atoms with van der Waals surface area (Å²) in [5.74, 6) is -2.95. The summed E-state index contributed by atoms with van der Waals surface area (Å²) in [5.41, 5.74) is -0.405.